The van der Waals surface area contributed by atoms with E-state index in [1.54, 1.807) is 0 Å². The van der Waals surface area contributed by atoms with Crippen LogP contribution in [0.1, 0.15) is 452 Å². The Morgan fingerprint density at radius 1 is 0.279 bits per heavy atom. The minimum atomic E-state index is -4.97. The highest BCUT2D eigenvalue weighted by molar-refractivity contribution is 7.47. The summed E-state index contributed by atoms with van der Waals surface area (Å²) in [5.41, 5.74) is 0. The third-order valence-corrected chi connectivity index (χ3v) is 22.2. The number of aliphatic hydroxyl groups excluding tert-OH is 1. The Hall–Kier alpha value is -1.94. The van der Waals surface area contributed by atoms with E-state index in [9.17, 15) is 43.2 Å². The van der Waals surface area contributed by atoms with Crippen molar-refractivity contribution in [3.8, 4) is 0 Å². The van der Waals surface area contributed by atoms with Gasteiger partial charge in [-0.25, -0.2) is 9.13 Å². The molecule has 0 fully saturated rings. The lowest BCUT2D eigenvalue weighted by molar-refractivity contribution is -0.161. The third kappa shape index (κ3) is 76.8. The maximum Gasteiger partial charge on any atom is 0.472 e. The molecule has 104 heavy (non-hydrogen) atoms. The van der Waals surface area contributed by atoms with Crippen molar-refractivity contribution in [3.05, 3.63) is 0 Å². The van der Waals surface area contributed by atoms with Gasteiger partial charge in [0.2, 0.25) is 0 Å². The fraction of sp³-hybridized carbons (Fsp3) is 0.953. The van der Waals surface area contributed by atoms with Gasteiger partial charge >= 0.3 is 39.5 Å². The van der Waals surface area contributed by atoms with E-state index in [4.69, 9.17) is 37.0 Å². The van der Waals surface area contributed by atoms with Crippen molar-refractivity contribution in [2.24, 2.45) is 11.8 Å². The number of carbonyl (C=O) groups is 4. The molecule has 0 bridgehead atoms. The first-order valence-electron chi connectivity index (χ1n) is 44.0. The standard InChI is InChI=1S/C85H166O17P2/c1-7-10-12-14-16-18-20-22-23-24-25-26-30-33-37-40-44-48-55-61-67-82(87)95-73-80(101-84(89)70-64-58-50-46-42-38-34-31-28-27-29-32-36-39-43-47-53-59-65-77(4)5)75-99-103(91,92)97-71-79(86)72-98-104(93,94)100-76-81(74-96-83(88)68-62-56-52-51-54-60-66-78(6)9-3)102-85(90)69-63-57-49-45-41-35-21-19-17-15-13-11-8-2/h77-81,86H,7-76H2,1-6H3,(H,91,92)(H,93,94)/t78?,79-,80-,81-/m1/s1. The molecule has 17 nitrogen and oxygen atoms in total. The van der Waals surface area contributed by atoms with Crippen molar-refractivity contribution in [1.29, 1.82) is 0 Å². The lowest BCUT2D eigenvalue weighted by Crippen LogP contribution is -2.30. The van der Waals surface area contributed by atoms with Crippen molar-refractivity contribution in [2.45, 2.75) is 471 Å². The smallest absolute Gasteiger partial charge is 0.462 e. The fourth-order valence-corrected chi connectivity index (χ4v) is 14.8. The molecular weight excluding hydrogens is 1350 g/mol. The molecule has 0 spiro atoms. The van der Waals surface area contributed by atoms with Crippen LogP contribution in [0.15, 0.2) is 0 Å². The molecule has 0 aromatic carbocycles. The average molecular weight is 1520 g/mol. The number of hydrogen-bond acceptors (Lipinski definition) is 15. The second kappa shape index (κ2) is 76.4. The number of rotatable bonds is 84. The SMILES string of the molecule is CCCCCCCCCCCCCCCCCCCCCCC(=O)OC[C@H](COP(=O)(O)OC[C@@H](O)COP(=O)(O)OC[C@@H](COC(=O)CCCCCCCCC(C)CC)OC(=O)CCCCCCCCCCCCCCC)OC(=O)CCCCCCCCCCCCCCCCCCCCC(C)C. The maximum absolute atomic E-state index is 13.1. The van der Waals surface area contributed by atoms with Crippen LogP contribution in [-0.2, 0) is 65.4 Å². The summed E-state index contributed by atoms with van der Waals surface area (Å²) in [6.45, 7) is 9.65. The first kappa shape index (κ1) is 102. The van der Waals surface area contributed by atoms with Crippen molar-refractivity contribution in [1.82, 2.24) is 0 Å². The highest BCUT2D eigenvalue weighted by Crippen LogP contribution is 2.45. The summed E-state index contributed by atoms with van der Waals surface area (Å²) in [6, 6.07) is 0. The molecule has 618 valence electrons. The van der Waals surface area contributed by atoms with Crippen LogP contribution >= 0.6 is 15.6 Å². The quantitative estimate of drug-likeness (QED) is 0.0222. The Morgan fingerprint density at radius 3 is 0.731 bits per heavy atom. The van der Waals surface area contributed by atoms with E-state index in [0.29, 0.717) is 25.7 Å². The van der Waals surface area contributed by atoms with E-state index in [0.717, 1.165) is 108 Å². The molecule has 0 rings (SSSR count). The van der Waals surface area contributed by atoms with E-state index >= 15 is 0 Å². The van der Waals surface area contributed by atoms with Crippen molar-refractivity contribution >= 4 is 39.5 Å². The van der Waals surface area contributed by atoms with Gasteiger partial charge in [-0.1, -0.05) is 401 Å². The predicted octanol–water partition coefficient (Wildman–Crippen LogP) is 25.8. The third-order valence-electron chi connectivity index (χ3n) is 20.3. The molecule has 0 aromatic heterocycles. The topological polar surface area (TPSA) is 237 Å². The first-order chi connectivity index (χ1) is 50.4. The Bertz CT molecular complexity index is 2000. The Labute approximate surface area is 638 Å². The number of ether oxygens (including phenoxy) is 4. The van der Waals surface area contributed by atoms with Gasteiger partial charge in [-0.05, 0) is 37.5 Å². The predicted molar refractivity (Wildman–Crippen MR) is 428 cm³/mol. The van der Waals surface area contributed by atoms with E-state index < -0.39 is 97.5 Å². The lowest BCUT2D eigenvalue weighted by atomic mass is 10.00. The number of phosphoric acid groups is 2. The number of hydrogen-bond donors (Lipinski definition) is 3. The van der Waals surface area contributed by atoms with Crippen LogP contribution in [0.4, 0.5) is 0 Å². The molecule has 6 atom stereocenters. The zero-order valence-electron chi connectivity index (χ0n) is 68.3. The minimum absolute atomic E-state index is 0.107. The van der Waals surface area contributed by atoms with Crippen molar-refractivity contribution in [2.75, 3.05) is 39.6 Å². The second-order valence-electron chi connectivity index (χ2n) is 31.3. The molecule has 19 heteroatoms. The molecular formula is C85H166O17P2. The van der Waals surface area contributed by atoms with E-state index in [1.165, 1.54) is 263 Å². The summed E-state index contributed by atoms with van der Waals surface area (Å²) in [4.78, 5) is 73.1. The number of phosphoric ester groups is 2. The molecule has 0 saturated heterocycles. The van der Waals surface area contributed by atoms with E-state index in [2.05, 4.69) is 41.5 Å². The summed E-state index contributed by atoms with van der Waals surface area (Å²) in [7, 11) is -9.92. The maximum atomic E-state index is 13.1. The molecule has 0 radical (unpaired) electrons. The monoisotopic (exact) mass is 1520 g/mol. The Kier molecular flexibility index (Phi) is 75.0. The average Bonchev–Trinajstić information content (AvgIpc) is 0.903. The van der Waals surface area contributed by atoms with Gasteiger partial charge in [0.1, 0.15) is 19.3 Å². The number of unbranched alkanes of at least 4 members (excludes halogenated alkanes) is 53. The van der Waals surface area contributed by atoms with Gasteiger partial charge in [-0.15, -0.1) is 0 Å². The normalized spacial score (nSPS) is 14.1. The molecule has 0 saturated carbocycles. The molecule has 0 amide bonds. The summed E-state index contributed by atoms with van der Waals surface area (Å²) < 4.78 is 68.8. The highest BCUT2D eigenvalue weighted by Gasteiger charge is 2.30. The van der Waals surface area contributed by atoms with Gasteiger partial charge < -0.3 is 33.8 Å². The zero-order chi connectivity index (χ0) is 76.4. The van der Waals surface area contributed by atoms with Crippen LogP contribution in [0.25, 0.3) is 0 Å². The minimum Gasteiger partial charge on any atom is -0.462 e. The number of esters is 4. The van der Waals surface area contributed by atoms with Gasteiger partial charge in [0, 0.05) is 25.7 Å². The summed E-state index contributed by atoms with van der Waals surface area (Å²) >= 11 is 0. The molecule has 3 N–H and O–H groups in total. The van der Waals surface area contributed by atoms with Gasteiger partial charge in [-0.2, -0.15) is 0 Å². The molecule has 0 aromatic rings. The number of aliphatic hydroxyl groups is 1. The fourth-order valence-electron chi connectivity index (χ4n) is 13.2. The molecule has 0 heterocycles. The van der Waals surface area contributed by atoms with Gasteiger partial charge in [0.05, 0.1) is 26.4 Å². The van der Waals surface area contributed by atoms with Crippen LogP contribution in [0.3, 0.4) is 0 Å². The molecule has 0 aliphatic heterocycles. The van der Waals surface area contributed by atoms with Crippen LogP contribution in [0, 0.1) is 11.8 Å². The Morgan fingerprint density at radius 2 is 0.490 bits per heavy atom. The number of carbonyl (C=O) groups excluding carboxylic acids is 4. The van der Waals surface area contributed by atoms with Crippen LogP contribution in [0.2, 0.25) is 0 Å². The first-order valence-corrected chi connectivity index (χ1v) is 47.0. The lowest BCUT2D eigenvalue weighted by Gasteiger charge is -2.21. The van der Waals surface area contributed by atoms with Crippen molar-refractivity contribution in [3.63, 3.8) is 0 Å². The summed E-state index contributed by atoms with van der Waals surface area (Å²) in [5, 5.41) is 10.7. The van der Waals surface area contributed by atoms with Gasteiger partial charge in [-0.3, -0.25) is 37.3 Å². The summed E-state index contributed by atoms with van der Waals surface area (Å²) in [5.74, 6) is -0.553. The summed E-state index contributed by atoms with van der Waals surface area (Å²) in [6.07, 6.45) is 68.2. The Balaban J connectivity index is 5.21. The van der Waals surface area contributed by atoms with Gasteiger partial charge in [0.25, 0.3) is 0 Å². The molecule has 3 unspecified atom stereocenters. The zero-order valence-corrected chi connectivity index (χ0v) is 70.1. The molecule has 0 aliphatic rings. The van der Waals surface area contributed by atoms with Crippen LogP contribution in [0.5, 0.6) is 0 Å². The van der Waals surface area contributed by atoms with E-state index in [1.807, 2.05) is 0 Å². The van der Waals surface area contributed by atoms with Crippen LogP contribution in [-0.4, -0.2) is 96.7 Å². The molecule has 0 aliphatic carbocycles. The largest absolute Gasteiger partial charge is 0.472 e. The van der Waals surface area contributed by atoms with Crippen molar-refractivity contribution < 1.29 is 80.2 Å². The highest BCUT2D eigenvalue weighted by atomic mass is 31.2. The van der Waals surface area contributed by atoms with Gasteiger partial charge in [0.15, 0.2) is 12.2 Å². The van der Waals surface area contributed by atoms with Crippen LogP contribution < -0.4 is 0 Å². The van der Waals surface area contributed by atoms with E-state index in [-0.39, 0.29) is 25.7 Å². The second-order valence-corrected chi connectivity index (χ2v) is 34.2.